The molecule has 142 valence electrons. The lowest BCUT2D eigenvalue weighted by Crippen LogP contribution is -2.20. The van der Waals surface area contributed by atoms with Crippen LogP contribution in [0.15, 0.2) is 42.5 Å². The summed E-state index contributed by atoms with van der Waals surface area (Å²) < 4.78 is 15.8. The van der Waals surface area contributed by atoms with E-state index in [0.29, 0.717) is 22.8 Å². The molecule has 1 N–H and O–H groups in total. The molecule has 2 aromatic rings. The quantitative estimate of drug-likeness (QED) is 0.434. The van der Waals surface area contributed by atoms with Crippen molar-refractivity contribution in [1.82, 2.24) is 5.32 Å². The Hall–Kier alpha value is -3.55. The van der Waals surface area contributed by atoms with Crippen molar-refractivity contribution >= 4 is 17.7 Å². The second-order valence-electron chi connectivity index (χ2n) is 5.43. The van der Waals surface area contributed by atoms with Crippen LogP contribution >= 0.6 is 0 Å². The van der Waals surface area contributed by atoms with Crippen LogP contribution < -0.4 is 19.5 Å². The topological polar surface area (TPSA) is 99.9 Å². The van der Waals surface area contributed by atoms with Crippen LogP contribution in [0.2, 0.25) is 0 Å². The van der Waals surface area contributed by atoms with E-state index in [4.69, 9.17) is 14.2 Å². The van der Waals surface area contributed by atoms with Crippen molar-refractivity contribution in [1.29, 1.82) is 0 Å². The van der Waals surface area contributed by atoms with Gasteiger partial charge in [-0.3, -0.25) is 14.9 Å². The summed E-state index contributed by atoms with van der Waals surface area (Å²) in [7, 11) is 4.56. The number of rotatable bonds is 8. The highest BCUT2D eigenvalue weighted by molar-refractivity contribution is 5.91. The summed E-state index contributed by atoms with van der Waals surface area (Å²) in [4.78, 5) is 22.2. The van der Waals surface area contributed by atoms with Crippen molar-refractivity contribution < 1.29 is 23.9 Å². The number of hydrogen-bond donors (Lipinski definition) is 1. The molecule has 8 nitrogen and oxygen atoms in total. The molecule has 0 spiro atoms. The van der Waals surface area contributed by atoms with Gasteiger partial charge in [-0.1, -0.05) is 0 Å². The van der Waals surface area contributed by atoms with Crippen LogP contribution in [0.5, 0.6) is 17.2 Å². The van der Waals surface area contributed by atoms with E-state index in [0.717, 1.165) is 5.56 Å². The number of amides is 1. The number of ether oxygens (including phenoxy) is 3. The Kier molecular flexibility index (Phi) is 6.76. The lowest BCUT2D eigenvalue weighted by molar-refractivity contribution is -0.384. The Labute approximate surface area is 156 Å². The summed E-state index contributed by atoms with van der Waals surface area (Å²) in [5.41, 5.74) is 1.46. The smallest absolute Gasteiger partial charge is 0.269 e. The fraction of sp³-hybridized carbons (Fsp3) is 0.211. The van der Waals surface area contributed by atoms with Crippen LogP contribution in [0, 0.1) is 10.1 Å². The second kappa shape index (κ2) is 9.23. The molecule has 0 aromatic heterocycles. The summed E-state index contributed by atoms with van der Waals surface area (Å²) in [6.07, 6.45) is 2.94. The summed E-state index contributed by atoms with van der Waals surface area (Å²) >= 11 is 0. The molecule has 0 heterocycles. The number of nitrogens with zero attached hydrogens (tertiary/aromatic N) is 1. The number of benzene rings is 2. The van der Waals surface area contributed by atoms with Gasteiger partial charge in [0, 0.05) is 24.8 Å². The molecule has 8 heteroatoms. The van der Waals surface area contributed by atoms with Gasteiger partial charge in [-0.15, -0.1) is 0 Å². The van der Waals surface area contributed by atoms with E-state index >= 15 is 0 Å². The largest absolute Gasteiger partial charge is 0.493 e. The maximum Gasteiger partial charge on any atom is 0.269 e. The zero-order chi connectivity index (χ0) is 19.8. The third-order valence-corrected chi connectivity index (χ3v) is 3.72. The lowest BCUT2D eigenvalue weighted by atomic mass is 10.1. The number of hydrogen-bond acceptors (Lipinski definition) is 6. The molecule has 2 rings (SSSR count). The molecule has 0 atom stereocenters. The van der Waals surface area contributed by atoms with Gasteiger partial charge in [0.2, 0.25) is 11.7 Å². The Morgan fingerprint density at radius 3 is 2.15 bits per heavy atom. The average molecular weight is 372 g/mol. The van der Waals surface area contributed by atoms with Crippen LogP contribution in [-0.2, 0) is 11.3 Å². The summed E-state index contributed by atoms with van der Waals surface area (Å²) in [5.74, 6) is 1.18. The Bertz CT molecular complexity index is 821. The van der Waals surface area contributed by atoms with Gasteiger partial charge in [-0.2, -0.15) is 0 Å². The van der Waals surface area contributed by atoms with Gasteiger partial charge in [0.1, 0.15) is 0 Å². The first kappa shape index (κ1) is 19.8. The van der Waals surface area contributed by atoms with Gasteiger partial charge in [-0.05, 0) is 41.5 Å². The summed E-state index contributed by atoms with van der Waals surface area (Å²) in [6.45, 7) is 0.264. The number of nitro groups is 1. The Balaban J connectivity index is 2.01. The van der Waals surface area contributed by atoms with Crippen molar-refractivity contribution in [3.8, 4) is 17.2 Å². The molecule has 0 fully saturated rings. The second-order valence-corrected chi connectivity index (χ2v) is 5.43. The van der Waals surface area contributed by atoms with Gasteiger partial charge >= 0.3 is 0 Å². The molecule has 2 aromatic carbocycles. The van der Waals surface area contributed by atoms with Crippen LogP contribution in [0.25, 0.3) is 6.08 Å². The maximum absolute atomic E-state index is 12.0. The number of non-ortho nitro benzene ring substituents is 1. The van der Waals surface area contributed by atoms with E-state index in [-0.39, 0.29) is 18.1 Å². The van der Waals surface area contributed by atoms with Gasteiger partial charge < -0.3 is 19.5 Å². The first-order valence-corrected chi connectivity index (χ1v) is 7.97. The van der Waals surface area contributed by atoms with Crippen molar-refractivity contribution in [3.63, 3.8) is 0 Å². The minimum absolute atomic E-state index is 0.000924. The van der Waals surface area contributed by atoms with Crippen molar-refractivity contribution in [3.05, 3.63) is 63.7 Å². The lowest BCUT2D eigenvalue weighted by Gasteiger charge is -2.14. The minimum atomic E-state index is -0.475. The third-order valence-electron chi connectivity index (χ3n) is 3.72. The molecule has 0 saturated carbocycles. The van der Waals surface area contributed by atoms with Crippen LogP contribution in [0.4, 0.5) is 5.69 Å². The zero-order valence-electron chi connectivity index (χ0n) is 15.2. The van der Waals surface area contributed by atoms with Gasteiger partial charge in [0.05, 0.1) is 26.3 Å². The summed E-state index contributed by atoms with van der Waals surface area (Å²) in [5, 5.41) is 13.4. The molecule has 1 amide bonds. The minimum Gasteiger partial charge on any atom is -0.493 e. The van der Waals surface area contributed by atoms with E-state index in [1.807, 2.05) is 0 Å². The number of carbonyl (C=O) groups is 1. The molecular formula is C19H20N2O6. The first-order valence-electron chi connectivity index (χ1n) is 7.97. The van der Waals surface area contributed by atoms with E-state index in [1.165, 1.54) is 39.5 Å². The number of carbonyl (C=O) groups excluding carboxylic acids is 1. The van der Waals surface area contributed by atoms with E-state index in [9.17, 15) is 14.9 Å². The van der Waals surface area contributed by atoms with Crippen molar-refractivity contribution in [2.24, 2.45) is 0 Å². The monoisotopic (exact) mass is 372 g/mol. The molecule has 0 aliphatic carbocycles. The van der Waals surface area contributed by atoms with Gasteiger partial charge in [0.15, 0.2) is 11.5 Å². The fourth-order valence-electron chi connectivity index (χ4n) is 2.36. The molecule has 0 saturated heterocycles. The zero-order valence-corrected chi connectivity index (χ0v) is 15.2. The van der Waals surface area contributed by atoms with Gasteiger partial charge in [-0.25, -0.2) is 0 Å². The third kappa shape index (κ3) is 5.21. The highest BCUT2D eigenvalue weighted by Gasteiger charge is 2.13. The fourth-order valence-corrected chi connectivity index (χ4v) is 2.36. The predicted molar refractivity (Wildman–Crippen MR) is 100 cm³/mol. The van der Waals surface area contributed by atoms with E-state index in [1.54, 1.807) is 30.3 Å². The van der Waals surface area contributed by atoms with Gasteiger partial charge in [0.25, 0.3) is 5.69 Å². The molecular weight excluding hydrogens is 352 g/mol. The highest BCUT2D eigenvalue weighted by Crippen LogP contribution is 2.38. The first-order chi connectivity index (χ1) is 13.0. The number of nitro benzene ring substituents is 1. The van der Waals surface area contributed by atoms with Crippen molar-refractivity contribution in [2.75, 3.05) is 21.3 Å². The summed E-state index contributed by atoms with van der Waals surface area (Å²) in [6, 6.07) is 9.41. The molecule has 0 aliphatic rings. The van der Waals surface area contributed by atoms with Crippen molar-refractivity contribution in [2.45, 2.75) is 6.54 Å². The Morgan fingerprint density at radius 2 is 1.67 bits per heavy atom. The average Bonchev–Trinajstić information content (AvgIpc) is 2.69. The van der Waals surface area contributed by atoms with Crippen LogP contribution in [-0.4, -0.2) is 32.2 Å². The van der Waals surface area contributed by atoms with Crippen LogP contribution in [0.3, 0.4) is 0 Å². The van der Waals surface area contributed by atoms with E-state index in [2.05, 4.69) is 5.32 Å². The predicted octanol–water partition coefficient (Wildman–Crippen LogP) is 2.95. The maximum atomic E-state index is 12.0. The molecule has 27 heavy (non-hydrogen) atoms. The standard InChI is InChI=1S/C19H20N2O6/c1-25-16-10-14(11-17(26-2)19(16)27-3)12-20-18(22)9-6-13-4-7-15(8-5-13)21(23)24/h4-11H,12H2,1-3H3,(H,20,22)/b9-6+. The molecule has 0 aliphatic heterocycles. The SMILES string of the molecule is COc1cc(CNC(=O)/C=C/c2ccc([N+](=O)[O-])cc2)cc(OC)c1OC. The molecule has 0 unspecified atom stereocenters. The molecule has 0 bridgehead atoms. The Morgan fingerprint density at radius 1 is 1.07 bits per heavy atom. The highest BCUT2D eigenvalue weighted by atomic mass is 16.6. The number of nitrogens with one attached hydrogen (secondary N) is 1. The normalized spacial score (nSPS) is 10.5. The van der Waals surface area contributed by atoms with Crippen LogP contribution in [0.1, 0.15) is 11.1 Å². The molecule has 0 radical (unpaired) electrons. The number of methoxy groups -OCH3 is 3. The van der Waals surface area contributed by atoms with E-state index < -0.39 is 4.92 Å².